The van der Waals surface area contributed by atoms with E-state index in [1.54, 1.807) is 0 Å². The van der Waals surface area contributed by atoms with E-state index in [9.17, 15) is 14.4 Å². The molecular formula is C6H8ClNaO6. The average molecular weight is 235 g/mol. The van der Waals surface area contributed by atoms with E-state index in [1.165, 1.54) is 0 Å². The van der Waals surface area contributed by atoms with Gasteiger partial charge in [0.15, 0.2) is 0 Å². The topological polar surface area (TPSA) is 101 Å². The van der Waals surface area contributed by atoms with Gasteiger partial charge < -0.3 is 14.5 Å². The minimum absolute atomic E-state index is 0. The summed E-state index contributed by atoms with van der Waals surface area (Å²) in [7, 11) is 0. The zero-order valence-corrected chi connectivity index (χ0v) is 7.15. The Morgan fingerprint density at radius 3 is 2.00 bits per heavy atom. The van der Waals surface area contributed by atoms with E-state index in [2.05, 4.69) is 16.2 Å². The Labute approximate surface area is 107 Å². The first-order valence-corrected chi connectivity index (χ1v) is 3.54. The van der Waals surface area contributed by atoms with E-state index < -0.39 is 36.7 Å². The second kappa shape index (κ2) is 8.05. The molecule has 0 radical (unpaired) electrons. The van der Waals surface area contributed by atoms with Gasteiger partial charge in [0.2, 0.25) is 0 Å². The summed E-state index contributed by atoms with van der Waals surface area (Å²) in [6.07, 6.45) is -1.19. The molecule has 1 unspecified atom stereocenters. The molecule has 0 fully saturated rings. The number of carbonyl (C=O) groups excluding carboxylic acids is 1. The van der Waals surface area contributed by atoms with Crippen LogP contribution < -0.4 is 0 Å². The third kappa shape index (κ3) is 7.14. The Bertz CT molecular complexity index is 230. The molecule has 0 aliphatic heterocycles. The number of aliphatic carboxylic acids is 2. The molecule has 0 saturated carbocycles. The van der Waals surface area contributed by atoms with E-state index in [-0.39, 0.29) is 29.6 Å². The molecule has 0 rings (SSSR count). The molecule has 14 heavy (non-hydrogen) atoms. The van der Waals surface area contributed by atoms with Crippen LogP contribution >= 0.6 is 11.9 Å². The fraction of sp³-hybridized carbons (Fsp3) is 0.500. The van der Waals surface area contributed by atoms with Crippen LogP contribution in [-0.2, 0) is 18.7 Å². The van der Waals surface area contributed by atoms with Crippen LogP contribution in [-0.4, -0.2) is 57.7 Å². The molecule has 0 aromatic carbocycles. The van der Waals surface area contributed by atoms with Crippen LogP contribution in [0.4, 0.5) is 0 Å². The molecular weight excluding hydrogens is 227 g/mol. The summed E-state index contributed by atoms with van der Waals surface area (Å²) in [6.45, 7) is 0. The predicted octanol–water partition coefficient (Wildman–Crippen LogP) is -0.399. The molecule has 0 saturated heterocycles. The van der Waals surface area contributed by atoms with Crippen molar-refractivity contribution in [2.45, 2.75) is 12.8 Å². The second-order valence-electron chi connectivity index (χ2n) is 2.29. The van der Waals surface area contributed by atoms with E-state index in [4.69, 9.17) is 10.2 Å². The Balaban J connectivity index is 0. The first-order valence-electron chi connectivity index (χ1n) is 3.23. The Hall–Kier alpha value is -0.300. The van der Waals surface area contributed by atoms with E-state index in [0.29, 0.717) is 0 Å². The van der Waals surface area contributed by atoms with Gasteiger partial charge in [-0.2, -0.15) is 0 Å². The third-order valence-electron chi connectivity index (χ3n) is 1.27. The number of rotatable bonds is 5. The van der Waals surface area contributed by atoms with Crippen molar-refractivity contribution >= 4 is 59.3 Å². The van der Waals surface area contributed by atoms with E-state index >= 15 is 0 Å². The van der Waals surface area contributed by atoms with Crippen LogP contribution in [0.25, 0.3) is 0 Å². The van der Waals surface area contributed by atoms with Crippen molar-refractivity contribution in [3.63, 3.8) is 0 Å². The van der Waals surface area contributed by atoms with Gasteiger partial charge in [-0.3, -0.25) is 14.4 Å². The number of hydrogen-bond acceptors (Lipinski definition) is 4. The Morgan fingerprint density at radius 2 is 1.71 bits per heavy atom. The van der Waals surface area contributed by atoms with Crippen LogP contribution in [0.15, 0.2) is 0 Å². The van der Waals surface area contributed by atoms with Crippen LogP contribution in [0.2, 0.25) is 0 Å². The molecule has 0 spiro atoms. The molecule has 0 aromatic rings. The molecule has 0 amide bonds. The summed E-state index contributed by atoms with van der Waals surface area (Å²) < 4.78 is 3.69. The van der Waals surface area contributed by atoms with Crippen LogP contribution in [0.3, 0.4) is 0 Å². The second-order valence-corrected chi connectivity index (χ2v) is 2.44. The van der Waals surface area contributed by atoms with Gasteiger partial charge in [0.25, 0.3) is 0 Å². The molecule has 0 aliphatic rings. The Kier molecular flexibility index (Phi) is 9.28. The van der Waals surface area contributed by atoms with Gasteiger partial charge in [-0.25, -0.2) is 0 Å². The van der Waals surface area contributed by atoms with Gasteiger partial charge >= 0.3 is 47.5 Å². The average Bonchev–Trinajstić information content (AvgIpc) is 2.02. The Morgan fingerprint density at radius 1 is 1.21 bits per heavy atom. The van der Waals surface area contributed by atoms with Gasteiger partial charge in [0.05, 0.1) is 18.8 Å². The standard InChI is InChI=1S/C6H7ClO6.Na.H/c7-13-5(10)2-3(6(11)12)1-4(8)9;;/h3H,1-2H2,(H,8,9)(H,11,12);;. The van der Waals surface area contributed by atoms with Crippen LogP contribution in [0.1, 0.15) is 12.8 Å². The summed E-state index contributed by atoms with van der Waals surface area (Å²) in [6, 6.07) is 0. The van der Waals surface area contributed by atoms with Crippen LogP contribution in [0.5, 0.6) is 0 Å². The number of carboxylic acids is 2. The maximum absolute atomic E-state index is 10.5. The molecule has 1 atom stereocenters. The van der Waals surface area contributed by atoms with E-state index in [0.717, 1.165) is 0 Å². The summed E-state index contributed by atoms with van der Waals surface area (Å²) in [5.41, 5.74) is 0. The van der Waals surface area contributed by atoms with Crippen LogP contribution in [0, 0.1) is 5.92 Å². The molecule has 0 heterocycles. The first-order chi connectivity index (χ1) is 5.97. The van der Waals surface area contributed by atoms with Crippen molar-refractivity contribution < 1.29 is 28.9 Å². The monoisotopic (exact) mass is 234 g/mol. The van der Waals surface area contributed by atoms with Crippen molar-refractivity contribution in [2.24, 2.45) is 5.92 Å². The van der Waals surface area contributed by atoms with Crippen molar-refractivity contribution in [1.82, 2.24) is 0 Å². The number of halogens is 1. The third-order valence-corrected chi connectivity index (χ3v) is 1.44. The quantitative estimate of drug-likeness (QED) is 0.628. The zero-order chi connectivity index (χ0) is 10.4. The maximum atomic E-state index is 10.5. The molecule has 6 nitrogen and oxygen atoms in total. The molecule has 0 bridgehead atoms. The van der Waals surface area contributed by atoms with Crippen molar-refractivity contribution in [3.05, 3.63) is 0 Å². The first kappa shape index (κ1) is 16.1. The van der Waals surface area contributed by atoms with Gasteiger partial charge in [0, 0.05) is 0 Å². The molecule has 8 heteroatoms. The van der Waals surface area contributed by atoms with Crippen molar-refractivity contribution in [1.29, 1.82) is 0 Å². The van der Waals surface area contributed by atoms with Gasteiger partial charge in [-0.05, 0) is 0 Å². The summed E-state index contributed by atoms with van der Waals surface area (Å²) >= 11 is 4.65. The van der Waals surface area contributed by atoms with Gasteiger partial charge in [0.1, 0.15) is 11.9 Å². The van der Waals surface area contributed by atoms with Gasteiger partial charge in [-0.1, -0.05) is 0 Å². The molecule has 2 N–H and O–H groups in total. The SMILES string of the molecule is O=C(O)CC(CC(=O)OCl)C(=O)O.[NaH]. The van der Waals surface area contributed by atoms with Gasteiger partial charge in [-0.15, -0.1) is 0 Å². The molecule has 0 aliphatic carbocycles. The summed E-state index contributed by atoms with van der Waals surface area (Å²) in [5.74, 6) is -4.93. The number of carboxylic acid groups (broad SMARTS) is 2. The van der Waals surface area contributed by atoms with Crippen molar-refractivity contribution in [2.75, 3.05) is 0 Å². The fourth-order valence-corrected chi connectivity index (χ4v) is 0.753. The predicted molar refractivity (Wildman–Crippen MR) is 47.1 cm³/mol. The van der Waals surface area contributed by atoms with E-state index in [1.807, 2.05) is 0 Å². The number of hydrogen-bond donors (Lipinski definition) is 2. The molecule has 0 aromatic heterocycles. The minimum atomic E-state index is -1.37. The van der Waals surface area contributed by atoms with Crippen molar-refractivity contribution in [3.8, 4) is 0 Å². The molecule has 76 valence electrons. The zero-order valence-electron chi connectivity index (χ0n) is 6.40. The number of carbonyl (C=O) groups is 3. The normalized spacial score (nSPS) is 10.9. The fourth-order valence-electron chi connectivity index (χ4n) is 0.690. The summed E-state index contributed by atoms with van der Waals surface area (Å²) in [4.78, 5) is 31.0. The summed E-state index contributed by atoms with van der Waals surface area (Å²) in [5, 5.41) is 16.7.